The van der Waals surface area contributed by atoms with Crippen LogP contribution in [0.3, 0.4) is 0 Å². The molecule has 0 N–H and O–H groups in total. The summed E-state index contributed by atoms with van der Waals surface area (Å²) in [5.41, 5.74) is 1.24. The molecule has 1 heteroatoms. The van der Waals surface area contributed by atoms with Gasteiger partial charge >= 0.3 is 0 Å². The summed E-state index contributed by atoms with van der Waals surface area (Å²) in [4.78, 5) is 0. The van der Waals surface area contributed by atoms with Crippen LogP contribution in [0.4, 0.5) is 0 Å². The Morgan fingerprint density at radius 2 is 1.73 bits per heavy atom. The molecule has 0 aliphatic heterocycles. The van der Waals surface area contributed by atoms with Crippen LogP contribution in [-0.4, -0.2) is 0 Å². The summed E-state index contributed by atoms with van der Waals surface area (Å²) in [5.74, 6) is 0. The van der Waals surface area contributed by atoms with Crippen LogP contribution in [0.2, 0.25) is 0 Å². The number of hydrogen-bond acceptors (Lipinski definition) is 0. The van der Waals surface area contributed by atoms with Gasteiger partial charge in [0.25, 0.3) is 0 Å². The van der Waals surface area contributed by atoms with Crippen LogP contribution in [0.15, 0.2) is 46.6 Å². The van der Waals surface area contributed by atoms with E-state index in [4.69, 9.17) is 0 Å². The molecule has 0 nitrogen and oxygen atoms in total. The van der Waals surface area contributed by atoms with Crippen LogP contribution in [0.25, 0.3) is 6.08 Å². The molecule has 0 aliphatic carbocycles. The number of hydrogen-bond donors (Lipinski definition) is 0. The third-order valence-corrected chi connectivity index (χ3v) is 1.69. The second-order valence-corrected chi connectivity index (χ2v) is 2.81. The number of benzene rings is 1. The molecule has 56 valence electrons. The molecule has 1 aromatic carbocycles. The van der Waals surface area contributed by atoms with E-state index in [1.807, 2.05) is 34.4 Å². The Morgan fingerprint density at radius 3 is 2.36 bits per heavy atom. The summed E-state index contributed by atoms with van der Waals surface area (Å²) >= 11 is 2.20. The minimum Gasteiger partial charge on any atom is -0.0622 e. The molecule has 0 heterocycles. The average Bonchev–Trinajstić information content (AvgIpc) is 2.07. The van der Waals surface area contributed by atoms with Gasteiger partial charge < -0.3 is 0 Å². The highest BCUT2D eigenvalue weighted by molar-refractivity contribution is 14.1. The van der Waals surface area contributed by atoms with Gasteiger partial charge in [-0.25, -0.2) is 0 Å². The van der Waals surface area contributed by atoms with Gasteiger partial charge in [-0.2, -0.15) is 0 Å². The molecule has 0 spiro atoms. The number of halogens is 1. The highest BCUT2D eigenvalue weighted by Crippen LogP contribution is 2.00. The minimum atomic E-state index is 1.24. The molecule has 0 amide bonds. The zero-order valence-electron chi connectivity index (χ0n) is 6.07. The average molecular weight is 256 g/mol. The summed E-state index contributed by atoms with van der Waals surface area (Å²) in [6.45, 7) is 0. The van der Waals surface area contributed by atoms with E-state index >= 15 is 0 Å². The zero-order valence-corrected chi connectivity index (χ0v) is 8.23. The first-order valence-electron chi connectivity index (χ1n) is 3.42. The Balaban J connectivity index is 2.64. The van der Waals surface area contributed by atoms with Crippen LogP contribution in [0.5, 0.6) is 0 Å². The lowest BCUT2D eigenvalue weighted by Crippen LogP contribution is -1.65. The maximum absolute atomic E-state index is 2.20. The largest absolute Gasteiger partial charge is 0.0622 e. The van der Waals surface area contributed by atoms with Gasteiger partial charge in [0.1, 0.15) is 0 Å². The van der Waals surface area contributed by atoms with Crippen molar-refractivity contribution in [3.8, 4) is 0 Å². The first-order chi connectivity index (χ1) is 5.43. The van der Waals surface area contributed by atoms with E-state index in [0.29, 0.717) is 0 Å². The molecule has 1 rings (SSSR count). The van der Waals surface area contributed by atoms with Crippen molar-refractivity contribution in [3.63, 3.8) is 0 Å². The van der Waals surface area contributed by atoms with Crippen molar-refractivity contribution in [2.45, 2.75) is 0 Å². The lowest BCUT2D eigenvalue weighted by molar-refractivity contribution is 1.66. The summed E-state index contributed by atoms with van der Waals surface area (Å²) in [6.07, 6.45) is 6.12. The fraction of sp³-hybridized carbons (Fsp3) is 0. The monoisotopic (exact) mass is 256 g/mol. The van der Waals surface area contributed by atoms with E-state index in [2.05, 4.69) is 40.8 Å². The zero-order chi connectivity index (χ0) is 7.94. The van der Waals surface area contributed by atoms with Crippen LogP contribution < -0.4 is 0 Å². The van der Waals surface area contributed by atoms with Crippen molar-refractivity contribution in [1.82, 2.24) is 0 Å². The quantitative estimate of drug-likeness (QED) is 0.559. The fourth-order valence-electron chi connectivity index (χ4n) is 0.773. The Hall–Kier alpha value is -0.570. The normalized spacial score (nSPS) is 11.4. The second kappa shape index (κ2) is 5.13. The van der Waals surface area contributed by atoms with E-state index in [9.17, 15) is 0 Å². The number of rotatable bonds is 2. The third-order valence-electron chi connectivity index (χ3n) is 1.27. The summed E-state index contributed by atoms with van der Waals surface area (Å²) in [7, 11) is 0. The third kappa shape index (κ3) is 3.37. The summed E-state index contributed by atoms with van der Waals surface area (Å²) in [6, 6.07) is 10.3. The molecule has 0 unspecified atom stereocenters. The first-order valence-corrected chi connectivity index (χ1v) is 4.66. The maximum Gasteiger partial charge on any atom is -0.0234 e. The summed E-state index contributed by atoms with van der Waals surface area (Å²) < 4.78 is 1.98. The molecule has 0 atom stereocenters. The SMILES string of the molecule is I/C=C/C=C/c1ccccc1. The lowest BCUT2D eigenvalue weighted by atomic mass is 10.2. The van der Waals surface area contributed by atoms with Crippen LogP contribution in [0, 0.1) is 0 Å². The van der Waals surface area contributed by atoms with Crippen molar-refractivity contribution in [2.24, 2.45) is 0 Å². The highest BCUT2D eigenvalue weighted by Gasteiger charge is 1.78. The predicted octanol–water partition coefficient (Wildman–Crippen LogP) is 3.65. The van der Waals surface area contributed by atoms with Crippen molar-refractivity contribution in [3.05, 3.63) is 52.1 Å². The Bertz CT molecular complexity index is 247. The molecular weight excluding hydrogens is 247 g/mol. The lowest BCUT2D eigenvalue weighted by Gasteiger charge is -1.87. The van der Waals surface area contributed by atoms with Gasteiger partial charge in [0, 0.05) is 0 Å². The minimum absolute atomic E-state index is 1.24. The molecule has 0 saturated carbocycles. The molecule has 0 aliphatic rings. The second-order valence-electron chi connectivity index (χ2n) is 2.09. The van der Waals surface area contributed by atoms with E-state index < -0.39 is 0 Å². The topological polar surface area (TPSA) is 0 Å². The molecule has 0 fully saturated rings. The molecule has 0 aromatic heterocycles. The Labute approximate surface area is 80.8 Å². The van der Waals surface area contributed by atoms with Gasteiger partial charge in [0.15, 0.2) is 0 Å². The van der Waals surface area contributed by atoms with Gasteiger partial charge in [-0.3, -0.25) is 0 Å². The first kappa shape index (κ1) is 8.53. The standard InChI is InChI=1S/C10H9I/c11-9-5-4-8-10-6-2-1-3-7-10/h1-9H/b8-4+,9-5+. The van der Waals surface area contributed by atoms with E-state index in [-0.39, 0.29) is 0 Å². The maximum atomic E-state index is 2.20. The van der Waals surface area contributed by atoms with Crippen LogP contribution in [0.1, 0.15) is 5.56 Å². The van der Waals surface area contributed by atoms with E-state index in [1.165, 1.54) is 5.56 Å². The Morgan fingerprint density at radius 1 is 1.00 bits per heavy atom. The van der Waals surface area contributed by atoms with Gasteiger partial charge in [-0.05, 0) is 9.65 Å². The highest BCUT2D eigenvalue weighted by atomic mass is 127. The van der Waals surface area contributed by atoms with Gasteiger partial charge in [-0.1, -0.05) is 71.2 Å². The van der Waals surface area contributed by atoms with Crippen molar-refractivity contribution in [1.29, 1.82) is 0 Å². The van der Waals surface area contributed by atoms with Crippen molar-refractivity contribution in [2.75, 3.05) is 0 Å². The Kier molecular flexibility index (Phi) is 3.98. The molecule has 0 bridgehead atoms. The number of allylic oxidation sites excluding steroid dienone is 2. The molecule has 0 saturated heterocycles. The van der Waals surface area contributed by atoms with E-state index in [1.54, 1.807) is 0 Å². The predicted molar refractivity (Wildman–Crippen MR) is 58.6 cm³/mol. The summed E-state index contributed by atoms with van der Waals surface area (Å²) in [5, 5.41) is 0. The fourth-order valence-corrected chi connectivity index (χ4v) is 1.01. The smallest absolute Gasteiger partial charge is 0.0234 e. The molecule has 11 heavy (non-hydrogen) atoms. The van der Waals surface area contributed by atoms with Gasteiger partial charge in [0.2, 0.25) is 0 Å². The van der Waals surface area contributed by atoms with Crippen molar-refractivity contribution >= 4 is 28.7 Å². The molecule has 1 aromatic rings. The van der Waals surface area contributed by atoms with E-state index in [0.717, 1.165) is 0 Å². The van der Waals surface area contributed by atoms with Crippen LogP contribution in [-0.2, 0) is 0 Å². The van der Waals surface area contributed by atoms with Gasteiger partial charge in [0.05, 0.1) is 0 Å². The van der Waals surface area contributed by atoms with Gasteiger partial charge in [-0.15, -0.1) is 0 Å². The molecular formula is C10H9I. The van der Waals surface area contributed by atoms with Crippen LogP contribution >= 0.6 is 22.6 Å². The van der Waals surface area contributed by atoms with Crippen molar-refractivity contribution < 1.29 is 0 Å². The molecule has 0 radical (unpaired) electrons.